The van der Waals surface area contributed by atoms with Crippen molar-refractivity contribution < 1.29 is 4.74 Å². The summed E-state index contributed by atoms with van der Waals surface area (Å²) >= 11 is 0. The summed E-state index contributed by atoms with van der Waals surface area (Å²) in [5.41, 5.74) is 1.51. The number of aliphatic imine (C=N–C) groups is 1. The van der Waals surface area contributed by atoms with Crippen LogP contribution in [0.25, 0.3) is 0 Å². The summed E-state index contributed by atoms with van der Waals surface area (Å²) in [5.74, 6) is 1.06. The van der Waals surface area contributed by atoms with Crippen molar-refractivity contribution in [1.29, 1.82) is 0 Å². The minimum atomic E-state index is 0.673. The molecule has 0 amide bonds. The van der Waals surface area contributed by atoms with Crippen molar-refractivity contribution in [2.24, 2.45) is 4.99 Å². The van der Waals surface area contributed by atoms with E-state index in [1.54, 1.807) is 0 Å². The molecule has 0 aromatic heterocycles. The van der Waals surface area contributed by atoms with Crippen LogP contribution in [0, 0.1) is 0 Å². The van der Waals surface area contributed by atoms with Crippen molar-refractivity contribution in [1.82, 2.24) is 15.1 Å². The van der Waals surface area contributed by atoms with Crippen LogP contribution in [0.3, 0.4) is 0 Å². The Morgan fingerprint density at radius 3 is 3.00 bits per heavy atom. The summed E-state index contributed by atoms with van der Waals surface area (Å²) in [7, 11) is 1.89. The smallest absolute Gasteiger partial charge is 0.193 e. The monoisotopic (exact) mass is 304 g/mol. The zero-order valence-electron chi connectivity index (χ0n) is 13.6. The van der Waals surface area contributed by atoms with Crippen LogP contribution in [-0.2, 0) is 4.74 Å². The molecule has 0 aromatic carbocycles. The molecule has 3 aliphatic rings. The number of hydrogen-bond acceptors (Lipinski definition) is 3. The average molecular weight is 304 g/mol. The zero-order chi connectivity index (χ0) is 15.2. The largest absolute Gasteiger partial charge is 0.377 e. The second-order valence-corrected chi connectivity index (χ2v) is 6.23. The summed E-state index contributed by atoms with van der Waals surface area (Å²) in [6.45, 7) is 7.04. The predicted molar refractivity (Wildman–Crippen MR) is 90.2 cm³/mol. The Labute approximate surface area is 133 Å². The third kappa shape index (κ3) is 3.90. The normalized spacial score (nSPS) is 26.6. The fraction of sp³-hybridized carbons (Fsp3) is 0.706. The lowest BCUT2D eigenvalue weighted by Gasteiger charge is -2.25. The van der Waals surface area contributed by atoms with E-state index in [1.165, 1.54) is 12.0 Å². The van der Waals surface area contributed by atoms with E-state index in [1.807, 2.05) is 7.05 Å². The van der Waals surface area contributed by atoms with Gasteiger partial charge in [0, 0.05) is 45.8 Å². The molecule has 5 heteroatoms. The minimum absolute atomic E-state index is 0.673. The fourth-order valence-electron chi connectivity index (χ4n) is 3.48. The Morgan fingerprint density at radius 1 is 1.41 bits per heavy atom. The molecule has 0 spiro atoms. The topological polar surface area (TPSA) is 40.1 Å². The maximum atomic E-state index is 5.35. The Bertz CT molecular complexity index is 450. The van der Waals surface area contributed by atoms with E-state index in [9.17, 15) is 0 Å². The Kier molecular flexibility index (Phi) is 5.51. The first-order chi connectivity index (χ1) is 10.9. The number of rotatable bonds is 4. The molecule has 3 aliphatic heterocycles. The van der Waals surface area contributed by atoms with Gasteiger partial charge in [0.25, 0.3) is 0 Å². The van der Waals surface area contributed by atoms with E-state index in [0.717, 1.165) is 64.7 Å². The molecule has 1 saturated heterocycles. The standard InChI is InChI=1S/C17H28N4O/c1-18-17(19-8-4-15-6-12-22-13-7-15)21-11-5-16(14-21)20-9-2-3-10-20/h2-3,6,16H,4-5,7-14H2,1H3,(H,18,19). The third-order valence-electron chi connectivity index (χ3n) is 4.82. The van der Waals surface area contributed by atoms with Crippen molar-refractivity contribution in [3.05, 3.63) is 23.8 Å². The molecule has 122 valence electrons. The van der Waals surface area contributed by atoms with Gasteiger partial charge in [0.2, 0.25) is 0 Å². The molecule has 0 bridgehead atoms. The van der Waals surface area contributed by atoms with Crippen LogP contribution in [0.5, 0.6) is 0 Å². The average Bonchev–Trinajstić information content (AvgIpc) is 3.23. The second-order valence-electron chi connectivity index (χ2n) is 6.23. The van der Waals surface area contributed by atoms with Crippen LogP contribution in [0.15, 0.2) is 28.8 Å². The second kappa shape index (κ2) is 7.79. The maximum absolute atomic E-state index is 5.35. The summed E-state index contributed by atoms with van der Waals surface area (Å²) in [5, 5.41) is 3.53. The number of likely N-dealkylation sites (tertiary alicyclic amines) is 1. The van der Waals surface area contributed by atoms with Gasteiger partial charge >= 0.3 is 0 Å². The molecule has 3 heterocycles. The molecule has 1 atom stereocenters. The lowest BCUT2D eigenvalue weighted by molar-refractivity contribution is 0.153. The van der Waals surface area contributed by atoms with E-state index in [-0.39, 0.29) is 0 Å². The minimum Gasteiger partial charge on any atom is -0.377 e. The lowest BCUT2D eigenvalue weighted by atomic mass is 10.1. The van der Waals surface area contributed by atoms with E-state index in [0.29, 0.717) is 6.04 Å². The molecule has 0 aliphatic carbocycles. The van der Waals surface area contributed by atoms with Crippen LogP contribution in [-0.4, -0.2) is 74.8 Å². The predicted octanol–water partition coefficient (Wildman–Crippen LogP) is 1.24. The molecular weight excluding hydrogens is 276 g/mol. The van der Waals surface area contributed by atoms with Crippen molar-refractivity contribution in [2.75, 3.05) is 53.0 Å². The van der Waals surface area contributed by atoms with Gasteiger partial charge in [-0.05, 0) is 19.3 Å². The molecule has 1 unspecified atom stereocenters. The molecule has 1 N–H and O–H groups in total. The third-order valence-corrected chi connectivity index (χ3v) is 4.82. The Hall–Kier alpha value is -1.33. The maximum Gasteiger partial charge on any atom is 0.193 e. The van der Waals surface area contributed by atoms with Crippen LogP contribution >= 0.6 is 0 Å². The van der Waals surface area contributed by atoms with Gasteiger partial charge < -0.3 is 15.0 Å². The van der Waals surface area contributed by atoms with Gasteiger partial charge in [-0.25, -0.2) is 0 Å². The van der Waals surface area contributed by atoms with Crippen LogP contribution in [0.4, 0.5) is 0 Å². The van der Waals surface area contributed by atoms with E-state index in [4.69, 9.17) is 4.74 Å². The highest BCUT2D eigenvalue weighted by molar-refractivity contribution is 5.80. The van der Waals surface area contributed by atoms with Gasteiger partial charge in [-0.15, -0.1) is 0 Å². The van der Waals surface area contributed by atoms with Crippen molar-refractivity contribution in [3.8, 4) is 0 Å². The van der Waals surface area contributed by atoms with Gasteiger partial charge in [0.1, 0.15) is 0 Å². The highest BCUT2D eigenvalue weighted by Crippen LogP contribution is 2.18. The van der Waals surface area contributed by atoms with Gasteiger partial charge in [-0.3, -0.25) is 9.89 Å². The Morgan fingerprint density at radius 2 is 2.27 bits per heavy atom. The van der Waals surface area contributed by atoms with Gasteiger partial charge in [-0.1, -0.05) is 23.8 Å². The first kappa shape index (κ1) is 15.6. The fourth-order valence-corrected chi connectivity index (χ4v) is 3.48. The van der Waals surface area contributed by atoms with Crippen LogP contribution in [0.1, 0.15) is 19.3 Å². The summed E-state index contributed by atoms with van der Waals surface area (Å²) in [4.78, 5) is 9.43. The SMILES string of the molecule is CN=C(NCCC1=CCOCC1)N1CCC(N2CC=CC2)C1. The summed E-state index contributed by atoms with van der Waals surface area (Å²) < 4.78 is 5.35. The van der Waals surface area contributed by atoms with E-state index in [2.05, 4.69) is 38.3 Å². The van der Waals surface area contributed by atoms with Crippen molar-refractivity contribution in [2.45, 2.75) is 25.3 Å². The molecule has 1 fully saturated rings. The van der Waals surface area contributed by atoms with Gasteiger partial charge in [0.05, 0.1) is 13.2 Å². The molecule has 22 heavy (non-hydrogen) atoms. The summed E-state index contributed by atoms with van der Waals surface area (Å²) in [6, 6.07) is 0.673. The summed E-state index contributed by atoms with van der Waals surface area (Å²) in [6.07, 6.45) is 10.2. The highest BCUT2D eigenvalue weighted by Gasteiger charge is 2.29. The van der Waals surface area contributed by atoms with Gasteiger partial charge in [0.15, 0.2) is 5.96 Å². The molecule has 0 aromatic rings. The Balaban J connectivity index is 1.42. The number of nitrogens with zero attached hydrogens (tertiary/aromatic N) is 3. The van der Waals surface area contributed by atoms with E-state index < -0.39 is 0 Å². The van der Waals surface area contributed by atoms with Crippen molar-refractivity contribution >= 4 is 5.96 Å². The number of ether oxygens (including phenoxy) is 1. The molecule has 3 rings (SSSR count). The quantitative estimate of drug-likeness (QED) is 0.482. The van der Waals surface area contributed by atoms with E-state index >= 15 is 0 Å². The number of guanidine groups is 1. The van der Waals surface area contributed by atoms with Crippen LogP contribution in [0.2, 0.25) is 0 Å². The molecule has 5 nitrogen and oxygen atoms in total. The number of nitrogens with one attached hydrogen (secondary N) is 1. The first-order valence-corrected chi connectivity index (χ1v) is 8.47. The highest BCUT2D eigenvalue weighted by atomic mass is 16.5. The molecule has 0 radical (unpaired) electrons. The molecule has 0 saturated carbocycles. The van der Waals surface area contributed by atoms with Crippen molar-refractivity contribution in [3.63, 3.8) is 0 Å². The lowest BCUT2D eigenvalue weighted by Crippen LogP contribution is -2.43. The van der Waals surface area contributed by atoms with Gasteiger partial charge in [-0.2, -0.15) is 0 Å². The molecular formula is C17H28N4O. The first-order valence-electron chi connectivity index (χ1n) is 8.47. The van der Waals surface area contributed by atoms with Crippen LogP contribution < -0.4 is 5.32 Å². The number of hydrogen-bond donors (Lipinski definition) is 1. The zero-order valence-corrected chi connectivity index (χ0v) is 13.6.